The van der Waals surface area contributed by atoms with Crippen LogP contribution >= 0.6 is 0 Å². The van der Waals surface area contributed by atoms with Crippen LogP contribution in [0.1, 0.15) is 138 Å². The molecule has 1 nitrogen and oxygen atoms in total. The highest BCUT2D eigenvalue weighted by Crippen LogP contribution is 2.42. The predicted octanol–water partition coefficient (Wildman–Crippen LogP) is 18.8. The van der Waals surface area contributed by atoms with Gasteiger partial charge in [0.15, 0.2) is 0 Å². The van der Waals surface area contributed by atoms with E-state index in [1.165, 1.54) is 22.3 Å². The summed E-state index contributed by atoms with van der Waals surface area (Å²) in [7, 11) is 0. The number of rotatable bonds is 5. The van der Waals surface area contributed by atoms with Crippen molar-refractivity contribution in [3.8, 4) is 22.3 Å². The summed E-state index contributed by atoms with van der Waals surface area (Å²) in [6.45, 7) is 40.0. The first kappa shape index (κ1) is 59.1. The summed E-state index contributed by atoms with van der Waals surface area (Å²) in [6.07, 6.45) is 0. The Kier molecular flexibility index (Phi) is 58.2. The van der Waals surface area contributed by atoms with E-state index >= 15 is 0 Å². The van der Waals surface area contributed by atoms with Crippen molar-refractivity contribution in [2.45, 2.75) is 138 Å². The van der Waals surface area contributed by atoms with Crippen molar-refractivity contribution >= 4 is 17.1 Å². The van der Waals surface area contributed by atoms with Crippen LogP contribution in [0.4, 0.5) is 17.1 Å². The Morgan fingerprint density at radius 2 is 0.529 bits per heavy atom. The molecule has 5 aromatic carbocycles. The molecule has 0 bridgehead atoms. The fourth-order valence-corrected chi connectivity index (χ4v) is 3.97. The molecule has 0 heterocycles. The number of benzene rings is 5. The molecule has 0 amide bonds. The van der Waals surface area contributed by atoms with Crippen molar-refractivity contribution < 1.29 is 0 Å². The van der Waals surface area contributed by atoms with Crippen molar-refractivity contribution in [2.75, 3.05) is 4.90 Å². The van der Waals surface area contributed by atoms with Crippen LogP contribution in [0.25, 0.3) is 22.3 Å². The third-order valence-electron chi connectivity index (χ3n) is 5.46. The maximum absolute atomic E-state index is 2.33. The van der Waals surface area contributed by atoms with E-state index in [1.807, 2.05) is 138 Å². The summed E-state index contributed by atoms with van der Waals surface area (Å²) in [5.74, 6) is 0. The first-order valence-electron chi connectivity index (χ1n) is 20.6. The van der Waals surface area contributed by atoms with Gasteiger partial charge in [-0.05, 0) is 53.1 Å². The number of hydrogen-bond acceptors (Lipinski definition) is 1. The molecule has 5 aromatic rings. The van der Waals surface area contributed by atoms with Gasteiger partial charge in [-0.15, -0.1) is 0 Å². The SMILES string of the molecule is CC.CC.CC.CC.CC.CC.CC.CC.CC.CC.c1ccc(-c2ccc(N(c3ccccc3)c3ccccc3)c(-c3ccccc3)c2)cc1. The van der Waals surface area contributed by atoms with Crippen LogP contribution in [0.2, 0.25) is 0 Å². The molecule has 5 rings (SSSR count). The Bertz CT molecular complexity index is 1210. The van der Waals surface area contributed by atoms with Crippen molar-refractivity contribution in [1.82, 2.24) is 0 Å². The van der Waals surface area contributed by atoms with Crippen LogP contribution in [0.3, 0.4) is 0 Å². The molecule has 0 unspecified atom stereocenters. The highest BCUT2D eigenvalue weighted by atomic mass is 15.1. The maximum Gasteiger partial charge on any atom is 0.0540 e. The van der Waals surface area contributed by atoms with Crippen LogP contribution < -0.4 is 4.90 Å². The Morgan fingerprint density at radius 1 is 0.255 bits per heavy atom. The second-order valence-corrected chi connectivity index (χ2v) is 7.47. The molecular formula is C50H83N. The average Bonchev–Trinajstić information content (AvgIpc) is 3.29. The molecule has 0 aliphatic heterocycles. The zero-order valence-electron chi connectivity index (χ0n) is 37.2. The second kappa shape index (κ2) is 50.3. The molecule has 288 valence electrons. The molecule has 0 aliphatic carbocycles. The number of nitrogens with zero attached hydrogens (tertiary/aromatic N) is 1. The molecular weight excluding hydrogens is 615 g/mol. The minimum atomic E-state index is 1.14. The predicted molar refractivity (Wildman–Crippen MR) is 245 cm³/mol. The fourth-order valence-electron chi connectivity index (χ4n) is 3.97. The smallest absolute Gasteiger partial charge is 0.0540 e. The molecule has 0 saturated carbocycles. The third-order valence-corrected chi connectivity index (χ3v) is 5.46. The molecule has 51 heavy (non-hydrogen) atoms. The van der Waals surface area contributed by atoms with Crippen molar-refractivity contribution in [3.63, 3.8) is 0 Å². The molecule has 0 radical (unpaired) electrons. The zero-order valence-corrected chi connectivity index (χ0v) is 37.2. The van der Waals surface area contributed by atoms with Gasteiger partial charge in [0.1, 0.15) is 0 Å². The van der Waals surface area contributed by atoms with E-state index in [9.17, 15) is 0 Å². The largest absolute Gasteiger partial charge is 0.310 e. The van der Waals surface area contributed by atoms with Gasteiger partial charge in [-0.3, -0.25) is 0 Å². The first-order valence-corrected chi connectivity index (χ1v) is 20.6. The quantitative estimate of drug-likeness (QED) is 0.177. The molecule has 0 spiro atoms. The Hall–Kier alpha value is -4.10. The molecule has 1 heteroatoms. The Morgan fingerprint density at radius 3 is 0.843 bits per heavy atom. The van der Waals surface area contributed by atoms with E-state index in [0.717, 1.165) is 17.1 Å². The van der Waals surface area contributed by atoms with Gasteiger partial charge >= 0.3 is 0 Å². The summed E-state index contributed by atoms with van der Waals surface area (Å²) < 4.78 is 0. The lowest BCUT2D eigenvalue weighted by atomic mass is 9.96. The van der Waals surface area contributed by atoms with Gasteiger partial charge < -0.3 is 4.90 Å². The van der Waals surface area contributed by atoms with Crippen LogP contribution in [-0.2, 0) is 0 Å². The standard InChI is InChI=1S/C30H23N.10C2H6/c1-5-13-24(14-6-1)26-21-22-30(29(23-26)25-15-7-2-8-16-25)31(27-17-9-3-10-18-27)28-19-11-4-12-20-28;10*1-2/h1-23H;10*1-2H3. The molecule has 0 saturated heterocycles. The molecule has 0 N–H and O–H groups in total. The second-order valence-electron chi connectivity index (χ2n) is 7.47. The summed E-state index contributed by atoms with van der Waals surface area (Å²) in [5, 5.41) is 0. The van der Waals surface area contributed by atoms with E-state index in [2.05, 4.69) is 144 Å². The van der Waals surface area contributed by atoms with Gasteiger partial charge in [-0.1, -0.05) is 242 Å². The van der Waals surface area contributed by atoms with Gasteiger partial charge in [0.25, 0.3) is 0 Å². The van der Waals surface area contributed by atoms with Gasteiger partial charge in [0.05, 0.1) is 5.69 Å². The summed E-state index contributed by atoms with van der Waals surface area (Å²) in [4.78, 5) is 2.33. The summed E-state index contributed by atoms with van der Waals surface area (Å²) >= 11 is 0. The van der Waals surface area contributed by atoms with Crippen LogP contribution in [-0.4, -0.2) is 0 Å². The Labute approximate surface area is 321 Å². The van der Waals surface area contributed by atoms with Crippen LogP contribution in [0.15, 0.2) is 140 Å². The summed E-state index contributed by atoms with van der Waals surface area (Å²) in [5.41, 5.74) is 8.27. The molecule has 0 atom stereocenters. The molecule has 0 aromatic heterocycles. The summed E-state index contributed by atoms with van der Waals surface area (Å²) in [6, 6.07) is 49.1. The number of para-hydroxylation sites is 2. The van der Waals surface area contributed by atoms with E-state index in [1.54, 1.807) is 0 Å². The maximum atomic E-state index is 2.33. The number of hydrogen-bond donors (Lipinski definition) is 0. The minimum absolute atomic E-state index is 1.14. The van der Waals surface area contributed by atoms with Crippen molar-refractivity contribution in [3.05, 3.63) is 140 Å². The fraction of sp³-hybridized carbons (Fsp3) is 0.400. The minimum Gasteiger partial charge on any atom is -0.310 e. The van der Waals surface area contributed by atoms with Crippen LogP contribution in [0.5, 0.6) is 0 Å². The molecule has 0 aliphatic rings. The van der Waals surface area contributed by atoms with Gasteiger partial charge in [0.2, 0.25) is 0 Å². The van der Waals surface area contributed by atoms with Crippen molar-refractivity contribution in [2.24, 2.45) is 0 Å². The zero-order chi connectivity index (χ0) is 40.9. The van der Waals surface area contributed by atoms with E-state index < -0.39 is 0 Å². The average molecular weight is 698 g/mol. The number of anilines is 3. The van der Waals surface area contributed by atoms with Gasteiger partial charge in [-0.25, -0.2) is 0 Å². The lowest BCUT2D eigenvalue weighted by Crippen LogP contribution is -2.11. The monoisotopic (exact) mass is 698 g/mol. The first-order chi connectivity index (χ1) is 25.4. The van der Waals surface area contributed by atoms with E-state index in [4.69, 9.17) is 0 Å². The van der Waals surface area contributed by atoms with E-state index in [-0.39, 0.29) is 0 Å². The van der Waals surface area contributed by atoms with Gasteiger partial charge in [-0.2, -0.15) is 0 Å². The molecule has 0 fully saturated rings. The normalized spacial score (nSPS) is 7.61. The lowest BCUT2D eigenvalue weighted by Gasteiger charge is -2.28. The lowest BCUT2D eigenvalue weighted by molar-refractivity contribution is 1.28. The van der Waals surface area contributed by atoms with Crippen molar-refractivity contribution in [1.29, 1.82) is 0 Å². The van der Waals surface area contributed by atoms with Crippen LogP contribution in [0, 0.1) is 0 Å². The highest BCUT2D eigenvalue weighted by molar-refractivity contribution is 5.90. The van der Waals surface area contributed by atoms with Gasteiger partial charge in [0, 0.05) is 16.9 Å². The highest BCUT2D eigenvalue weighted by Gasteiger charge is 2.17. The topological polar surface area (TPSA) is 3.24 Å². The van der Waals surface area contributed by atoms with E-state index in [0.29, 0.717) is 0 Å². The third kappa shape index (κ3) is 23.9. The Balaban J connectivity index is -0.000000220.